The first kappa shape index (κ1) is 17.8. The van der Waals surface area contributed by atoms with Gasteiger partial charge >= 0.3 is 0 Å². The summed E-state index contributed by atoms with van der Waals surface area (Å²) in [4.78, 5) is 26.2. The molecular weight excluding hydrogens is 304 g/mol. The van der Waals surface area contributed by atoms with Crippen LogP contribution in [0.25, 0.3) is 0 Å². The highest BCUT2D eigenvalue weighted by atomic mass is 16.7. The van der Waals surface area contributed by atoms with Crippen LogP contribution >= 0.6 is 0 Å². The van der Waals surface area contributed by atoms with E-state index in [1.54, 1.807) is 7.11 Å². The Balaban J connectivity index is 2.06. The molecule has 2 fully saturated rings. The maximum atomic E-state index is 13.6. The molecule has 4 heteroatoms. The predicted molar refractivity (Wildman–Crippen MR) is 91.4 cm³/mol. The van der Waals surface area contributed by atoms with Crippen LogP contribution in [0.5, 0.6) is 0 Å². The monoisotopic (exact) mass is 334 g/mol. The average Bonchev–Trinajstić information content (AvgIpc) is 2.82. The largest absolute Gasteiger partial charge is 0.359 e. The average molecular weight is 334 g/mol. The Morgan fingerprint density at radius 1 is 1.21 bits per heavy atom. The van der Waals surface area contributed by atoms with Crippen LogP contribution in [0.2, 0.25) is 0 Å². The minimum absolute atomic E-state index is 0.0685. The molecule has 0 aromatic heterocycles. The summed E-state index contributed by atoms with van der Waals surface area (Å²) in [5, 5.41) is 0. The van der Waals surface area contributed by atoms with E-state index in [4.69, 9.17) is 9.47 Å². The Labute approximate surface area is 145 Å². The number of hydrogen-bond acceptors (Lipinski definition) is 4. The van der Waals surface area contributed by atoms with Crippen LogP contribution in [0.15, 0.2) is 11.6 Å². The Kier molecular flexibility index (Phi) is 4.73. The van der Waals surface area contributed by atoms with E-state index in [0.29, 0.717) is 12.8 Å². The number of methoxy groups -OCH3 is 1. The highest BCUT2D eigenvalue weighted by Gasteiger charge is 2.55. The van der Waals surface area contributed by atoms with Gasteiger partial charge in [-0.2, -0.15) is 0 Å². The van der Waals surface area contributed by atoms with Gasteiger partial charge in [-0.1, -0.05) is 32.4 Å². The fourth-order valence-electron chi connectivity index (χ4n) is 5.25. The maximum absolute atomic E-state index is 13.6. The van der Waals surface area contributed by atoms with Crippen molar-refractivity contribution in [3.05, 3.63) is 11.6 Å². The zero-order chi connectivity index (χ0) is 17.5. The Hall–Kier alpha value is -1.00. The lowest BCUT2D eigenvalue weighted by Gasteiger charge is -2.42. The molecule has 0 aliphatic heterocycles. The van der Waals surface area contributed by atoms with Crippen molar-refractivity contribution >= 4 is 11.6 Å². The van der Waals surface area contributed by atoms with E-state index in [9.17, 15) is 9.59 Å². The Morgan fingerprint density at radius 2 is 1.96 bits per heavy atom. The van der Waals surface area contributed by atoms with E-state index in [1.807, 2.05) is 6.92 Å². The predicted octanol–water partition coefficient (Wildman–Crippen LogP) is 3.69. The molecule has 2 saturated carbocycles. The number of carbonyl (C=O) groups excluding carboxylic acids is 2. The first-order chi connectivity index (χ1) is 11.3. The topological polar surface area (TPSA) is 52.6 Å². The van der Waals surface area contributed by atoms with Gasteiger partial charge in [0, 0.05) is 30.8 Å². The third kappa shape index (κ3) is 2.68. The van der Waals surface area contributed by atoms with Crippen molar-refractivity contribution in [3.63, 3.8) is 0 Å². The number of fused-ring (bicyclic) bond motifs is 3. The molecule has 0 amide bonds. The second-order valence-corrected chi connectivity index (χ2v) is 8.48. The van der Waals surface area contributed by atoms with Crippen LogP contribution in [0.4, 0.5) is 0 Å². The van der Waals surface area contributed by atoms with E-state index in [2.05, 4.69) is 19.9 Å². The Morgan fingerprint density at radius 3 is 2.67 bits per heavy atom. The molecule has 0 unspecified atom stereocenters. The lowest BCUT2D eigenvalue weighted by atomic mass is 9.61. The van der Waals surface area contributed by atoms with Crippen molar-refractivity contribution in [2.45, 2.75) is 65.4 Å². The highest BCUT2D eigenvalue weighted by molar-refractivity contribution is 5.96. The van der Waals surface area contributed by atoms with E-state index in [1.165, 1.54) is 5.57 Å². The summed E-state index contributed by atoms with van der Waals surface area (Å²) in [6.45, 7) is 6.54. The number of Topliss-reactive ketones (excluding diaryl/α,β-unsaturated/α-hetero) is 2. The first-order valence-electron chi connectivity index (χ1n) is 9.19. The molecule has 134 valence electrons. The normalized spacial score (nSPS) is 41.0. The number of hydrogen-bond donors (Lipinski definition) is 0. The number of allylic oxidation sites excluding steroid dienone is 2. The maximum Gasteiger partial charge on any atom is 0.168 e. The van der Waals surface area contributed by atoms with Gasteiger partial charge in [0.25, 0.3) is 0 Å². The van der Waals surface area contributed by atoms with Crippen molar-refractivity contribution < 1.29 is 19.1 Å². The molecule has 24 heavy (non-hydrogen) atoms. The molecule has 0 saturated heterocycles. The van der Waals surface area contributed by atoms with Gasteiger partial charge in [-0.25, -0.2) is 0 Å². The molecular formula is C20H30O4. The van der Waals surface area contributed by atoms with E-state index in [-0.39, 0.29) is 35.6 Å². The van der Waals surface area contributed by atoms with Gasteiger partial charge < -0.3 is 9.47 Å². The molecule has 4 atom stereocenters. The fourth-order valence-corrected chi connectivity index (χ4v) is 5.25. The zero-order valence-corrected chi connectivity index (χ0v) is 15.4. The van der Waals surface area contributed by atoms with Gasteiger partial charge in [0.1, 0.15) is 18.7 Å². The van der Waals surface area contributed by atoms with E-state index >= 15 is 0 Å². The molecule has 0 radical (unpaired) electrons. The smallest absolute Gasteiger partial charge is 0.168 e. The quantitative estimate of drug-likeness (QED) is 0.583. The summed E-state index contributed by atoms with van der Waals surface area (Å²) in [5.74, 6) is 0.316. The third-order valence-corrected chi connectivity index (χ3v) is 6.91. The number of ether oxygens (including phenoxy) is 2. The van der Waals surface area contributed by atoms with Gasteiger partial charge in [-0.05, 0) is 37.5 Å². The molecule has 0 spiro atoms. The van der Waals surface area contributed by atoms with Crippen molar-refractivity contribution in [2.24, 2.45) is 22.7 Å². The summed E-state index contributed by atoms with van der Waals surface area (Å²) in [6.07, 6.45) is 6.63. The molecule has 3 aliphatic carbocycles. The second-order valence-electron chi connectivity index (χ2n) is 8.48. The molecule has 0 aromatic carbocycles. The lowest BCUT2D eigenvalue weighted by molar-refractivity contribution is -0.164. The summed E-state index contributed by atoms with van der Waals surface area (Å²) >= 11 is 0. The van der Waals surface area contributed by atoms with Gasteiger partial charge in [-0.15, -0.1) is 0 Å². The van der Waals surface area contributed by atoms with Gasteiger partial charge in [0.05, 0.1) is 0 Å². The summed E-state index contributed by atoms with van der Waals surface area (Å²) < 4.78 is 11.0. The van der Waals surface area contributed by atoms with Crippen LogP contribution in [0, 0.1) is 22.7 Å². The van der Waals surface area contributed by atoms with E-state index < -0.39 is 11.5 Å². The fraction of sp³-hybridized carbons (Fsp3) is 0.800. The molecule has 3 rings (SSSR count). The van der Waals surface area contributed by atoms with Gasteiger partial charge in [-0.3, -0.25) is 9.59 Å². The van der Waals surface area contributed by atoms with Crippen molar-refractivity contribution in [1.29, 1.82) is 0 Å². The van der Waals surface area contributed by atoms with Crippen LogP contribution in [-0.4, -0.2) is 31.6 Å². The second kappa shape index (κ2) is 6.38. The van der Waals surface area contributed by atoms with Crippen molar-refractivity contribution in [3.8, 4) is 0 Å². The third-order valence-electron chi connectivity index (χ3n) is 6.91. The number of carbonyl (C=O) groups is 2. The zero-order valence-electron chi connectivity index (χ0n) is 15.4. The van der Waals surface area contributed by atoms with Crippen molar-refractivity contribution in [1.82, 2.24) is 0 Å². The van der Waals surface area contributed by atoms with Gasteiger partial charge in [0.15, 0.2) is 5.78 Å². The summed E-state index contributed by atoms with van der Waals surface area (Å²) in [5.41, 5.74) is 0.709. The lowest BCUT2D eigenvalue weighted by Crippen LogP contribution is -2.51. The van der Waals surface area contributed by atoms with Crippen LogP contribution < -0.4 is 0 Å². The van der Waals surface area contributed by atoms with Crippen LogP contribution in [0.3, 0.4) is 0 Å². The van der Waals surface area contributed by atoms with E-state index in [0.717, 1.165) is 25.7 Å². The molecule has 0 N–H and O–H groups in total. The van der Waals surface area contributed by atoms with Crippen LogP contribution in [0.1, 0.15) is 59.3 Å². The molecule has 0 aromatic rings. The minimum atomic E-state index is -0.606. The standard InChI is InChI=1S/C20H30O4/c1-19(2)13-7-9-14-16(21)6-5-11-20(14,3)18(22)17(24-12-23-4)15(19)10-8-13/h7,14-15,17H,5-6,8-12H2,1-4H3/b13-7+/t14-,15+,17+,20+/m0/s1. The SMILES string of the molecule is COCO[C@H]1C(=O)[C@]2(C)CCCC(=O)[C@@H]2C/C=C2\CC[C@H]1C2(C)C. The molecule has 2 bridgehead atoms. The summed E-state index contributed by atoms with van der Waals surface area (Å²) in [6, 6.07) is 0. The first-order valence-corrected chi connectivity index (χ1v) is 9.19. The van der Waals surface area contributed by atoms with Crippen LogP contribution in [-0.2, 0) is 19.1 Å². The molecule has 0 heterocycles. The minimum Gasteiger partial charge on any atom is -0.359 e. The number of rotatable bonds is 3. The molecule has 3 aliphatic rings. The van der Waals surface area contributed by atoms with Crippen molar-refractivity contribution in [2.75, 3.05) is 13.9 Å². The molecule has 4 nitrogen and oxygen atoms in total. The highest BCUT2D eigenvalue weighted by Crippen LogP contribution is 2.54. The number of ketones is 2. The Bertz CT molecular complexity index is 562. The van der Waals surface area contributed by atoms with Gasteiger partial charge in [0.2, 0.25) is 0 Å². The summed E-state index contributed by atoms with van der Waals surface area (Å²) in [7, 11) is 1.58.